The van der Waals surface area contributed by atoms with Crippen molar-refractivity contribution in [2.75, 3.05) is 0 Å². The van der Waals surface area contributed by atoms with Crippen LogP contribution in [0.1, 0.15) is 19.4 Å². The highest BCUT2D eigenvalue weighted by Crippen LogP contribution is 2.14. The highest BCUT2D eigenvalue weighted by molar-refractivity contribution is 5.16. The van der Waals surface area contributed by atoms with Crippen LogP contribution in [-0.4, -0.2) is 10.9 Å². The zero-order valence-corrected chi connectivity index (χ0v) is 7.45. The molecular weight excluding hydrogens is 152 g/mol. The lowest BCUT2D eigenvalue weighted by molar-refractivity contribution is -0.312. The lowest BCUT2D eigenvalue weighted by atomic mass is 9.99. The van der Waals surface area contributed by atoms with Crippen molar-refractivity contribution in [3.8, 4) is 0 Å². The van der Waals surface area contributed by atoms with E-state index in [1.54, 1.807) is 0 Å². The SMILES string of the molecule is CC(C)(Cc1ccccc1)OO. The highest BCUT2D eigenvalue weighted by atomic mass is 17.1. The van der Waals surface area contributed by atoms with Crippen molar-refractivity contribution in [2.24, 2.45) is 0 Å². The summed E-state index contributed by atoms with van der Waals surface area (Å²) in [7, 11) is 0. The summed E-state index contributed by atoms with van der Waals surface area (Å²) in [5.74, 6) is 0. The van der Waals surface area contributed by atoms with Crippen molar-refractivity contribution in [3.05, 3.63) is 35.9 Å². The van der Waals surface area contributed by atoms with Gasteiger partial charge >= 0.3 is 0 Å². The number of hydrogen-bond acceptors (Lipinski definition) is 2. The van der Waals surface area contributed by atoms with Gasteiger partial charge in [0.05, 0.1) is 0 Å². The maximum Gasteiger partial charge on any atom is 0.102 e. The highest BCUT2D eigenvalue weighted by Gasteiger charge is 2.18. The van der Waals surface area contributed by atoms with Crippen LogP contribution in [0, 0.1) is 0 Å². The summed E-state index contributed by atoms with van der Waals surface area (Å²) in [5.41, 5.74) is 0.665. The predicted octanol–water partition coefficient (Wildman–Crippen LogP) is 2.50. The molecule has 0 bridgehead atoms. The normalized spacial score (nSPS) is 11.6. The Morgan fingerprint density at radius 3 is 2.33 bits per heavy atom. The smallest absolute Gasteiger partial charge is 0.102 e. The van der Waals surface area contributed by atoms with E-state index in [9.17, 15) is 0 Å². The maximum absolute atomic E-state index is 8.56. The van der Waals surface area contributed by atoms with Crippen molar-refractivity contribution in [2.45, 2.75) is 25.9 Å². The van der Waals surface area contributed by atoms with Gasteiger partial charge < -0.3 is 0 Å². The van der Waals surface area contributed by atoms with Crippen molar-refractivity contribution >= 4 is 0 Å². The number of benzene rings is 1. The van der Waals surface area contributed by atoms with Crippen molar-refractivity contribution in [3.63, 3.8) is 0 Å². The van der Waals surface area contributed by atoms with Crippen LogP contribution in [0.5, 0.6) is 0 Å². The molecule has 0 unspecified atom stereocenters. The van der Waals surface area contributed by atoms with Crippen LogP contribution in [0.15, 0.2) is 30.3 Å². The maximum atomic E-state index is 8.56. The minimum Gasteiger partial charge on any atom is -0.251 e. The first-order valence-electron chi connectivity index (χ1n) is 4.00. The Hall–Kier alpha value is -0.860. The van der Waals surface area contributed by atoms with E-state index >= 15 is 0 Å². The lowest BCUT2D eigenvalue weighted by Gasteiger charge is -2.19. The molecular formula is C10H14O2. The molecule has 66 valence electrons. The Morgan fingerprint density at radius 2 is 1.83 bits per heavy atom. The molecule has 0 aliphatic rings. The first-order chi connectivity index (χ1) is 5.64. The van der Waals surface area contributed by atoms with E-state index in [1.165, 1.54) is 0 Å². The third-order valence-electron chi connectivity index (χ3n) is 1.72. The number of rotatable bonds is 3. The van der Waals surface area contributed by atoms with Crippen molar-refractivity contribution < 1.29 is 10.1 Å². The van der Waals surface area contributed by atoms with Crippen LogP contribution in [-0.2, 0) is 11.3 Å². The van der Waals surface area contributed by atoms with Crippen molar-refractivity contribution in [1.82, 2.24) is 0 Å². The monoisotopic (exact) mass is 166 g/mol. The van der Waals surface area contributed by atoms with Crippen LogP contribution >= 0.6 is 0 Å². The second-order valence-electron chi connectivity index (χ2n) is 3.51. The Balaban J connectivity index is 2.64. The molecule has 1 N–H and O–H groups in total. The second-order valence-corrected chi connectivity index (χ2v) is 3.51. The van der Waals surface area contributed by atoms with E-state index in [-0.39, 0.29) is 0 Å². The molecule has 0 aromatic heterocycles. The van der Waals surface area contributed by atoms with Gasteiger partial charge in [-0.15, -0.1) is 0 Å². The summed E-state index contributed by atoms with van der Waals surface area (Å²) in [6.45, 7) is 3.69. The average Bonchev–Trinajstić information content (AvgIpc) is 2.06. The largest absolute Gasteiger partial charge is 0.251 e. The van der Waals surface area contributed by atoms with Crippen molar-refractivity contribution in [1.29, 1.82) is 0 Å². The molecule has 0 radical (unpaired) electrons. The fraction of sp³-hybridized carbons (Fsp3) is 0.400. The van der Waals surface area contributed by atoms with Crippen LogP contribution in [0.3, 0.4) is 0 Å². The zero-order chi connectivity index (χ0) is 9.03. The molecule has 0 saturated heterocycles. The third kappa shape index (κ3) is 2.64. The standard InChI is InChI=1S/C10H14O2/c1-10(2,12-11)8-9-6-4-3-5-7-9/h3-7,11H,8H2,1-2H3. The molecule has 2 heteroatoms. The van der Waals surface area contributed by atoms with Gasteiger partial charge in [-0.1, -0.05) is 30.3 Å². The van der Waals surface area contributed by atoms with Crippen LogP contribution in [0.4, 0.5) is 0 Å². The molecule has 0 fully saturated rings. The molecule has 1 aromatic rings. The minimum atomic E-state index is -0.499. The summed E-state index contributed by atoms with van der Waals surface area (Å²) in [5, 5.41) is 8.56. The van der Waals surface area contributed by atoms with Crippen LogP contribution < -0.4 is 0 Å². The van der Waals surface area contributed by atoms with Gasteiger partial charge in [-0.05, 0) is 19.4 Å². The van der Waals surface area contributed by atoms with Gasteiger partial charge in [0.2, 0.25) is 0 Å². The zero-order valence-electron chi connectivity index (χ0n) is 7.45. The van der Waals surface area contributed by atoms with Gasteiger partial charge in [0, 0.05) is 6.42 Å². The lowest BCUT2D eigenvalue weighted by Crippen LogP contribution is -2.25. The molecule has 1 rings (SSSR count). The molecule has 0 amide bonds. The topological polar surface area (TPSA) is 29.5 Å². The van der Waals surface area contributed by atoms with E-state index in [1.807, 2.05) is 44.2 Å². The van der Waals surface area contributed by atoms with Gasteiger partial charge in [0.15, 0.2) is 0 Å². The van der Waals surface area contributed by atoms with Crippen LogP contribution in [0.25, 0.3) is 0 Å². The summed E-state index contributed by atoms with van der Waals surface area (Å²) in [6.07, 6.45) is 0.713. The molecule has 0 aliphatic carbocycles. The fourth-order valence-corrected chi connectivity index (χ4v) is 1.12. The molecule has 1 aromatic carbocycles. The Kier molecular flexibility index (Phi) is 2.84. The van der Waals surface area contributed by atoms with E-state index in [4.69, 9.17) is 5.26 Å². The van der Waals surface area contributed by atoms with Crippen LogP contribution in [0.2, 0.25) is 0 Å². The number of hydrogen-bond donors (Lipinski definition) is 1. The minimum absolute atomic E-state index is 0.499. The predicted molar refractivity (Wildman–Crippen MR) is 47.9 cm³/mol. The quantitative estimate of drug-likeness (QED) is 0.552. The molecule has 0 saturated carbocycles. The van der Waals surface area contributed by atoms with E-state index in [2.05, 4.69) is 4.89 Å². The average molecular weight is 166 g/mol. The Bertz CT molecular complexity index is 229. The molecule has 12 heavy (non-hydrogen) atoms. The fourth-order valence-electron chi connectivity index (χ4n) is 1.12. The summed E-state index contributed by atoms with van der Waals surface area (Å²) in [4.78, 5) is 4.34. The van der Waals surface area contributed by atoms with E-state index in [0.29, 0.717) is 6.42 Å². The third-order valence-corrected chi connectivity index (χ3v) is 1.72. The van der Waals surface area contributed by atoms with E-state index < -0.39 is 5.60 Å². The second kappa shape index (κ2) is 3.70. The van der Waals surface area contributed by atoms with Gasteiger partial charge in [0.1, 0.15) is 5.60 Å². The van der Waals surface area contributed by atoms with E-state index in [0.717, 1.165) is 5.56 Å². The molecule has 0 atom stereocenters. The Labute approximate surface area is 72.7 Å². The Morgan fingerprint density at radius 1 is 1.25 bits per heavy atom. The summed E-state index contributed by atoms with van der Waals surface area (Å²) < 4.78 is 0. The molecule has 0 aliphatic heterocycles. The van der Waals surface area contributed by atoms with Gasteiger partial charge in [0.25, 0.3) is 0 Å². The molecule has 2 nitrogen and oxygen atoms in total. The molecule has 0 spiro atoms. The van der Waals surface area contributed by atoms with Gasteiger partial charge in [-0.3, -0.25) is 5.26 Å². The first kappa shape index (κ1) is 9.23. The summed E-state index contributed by atoms with van der Waals surface area (Å²) in [6, 6.07) is 9.95. The summed E-state index contributed by atoms with van der Waals surface area (Å²) >= 11 is 0. The molecule has 0 heterocycles. The first-order valence-corrected chi connectivity index (χ1v) is 4.00. The van der Waals surface area contributed by atoms with Gasteiger partial charge in [-0.25, -0.2) is 4.89 Å². The van der Waals surface area contributed by atoms with Gasteiger partial charge in [-0.2, -0.15) is 0 Å².